The molecule has 0 spiro atoms. The summed E-state index contributed by atoms with van der Waals surface area (Å²) in [5, 5.41) is 0. The van der Waals surface area contributed by atoms with Gasteiger partial charge >= 0.3 is 0 Å². The number of hydrogen-bond acceptors (Lipinski definition) is 2. The van der Waals surface area contributed by atoms with E-state index < -0.39 is 0 Å². The van der Waals surface area contributed by atoms with Crippen molar-refractivity contribution in [3.63, 3.8) is 0 Å². The first-order valence-electron chi connectivity index (χ1n) is 8.00. The second-order valence-corrected chi connectivity index (χ2v) is 6.11. The van der Waals surface area contributed by atoms with Crippen LogP contribution in [-0.4, -0.2) is 9.38 Å². The standard InChI is InChI=1S/C20H18N2O/c1-14-10-11-18-21-19-16(12-15-6-3-2-4-7-15)8-5-9-17(19)20(23)22(18)13-14/h2-4,6-7,10-13H,5,8-9H2,1H3/b16-12-. The van der Waals surface area contributed by atoms with Gasteiger partial charge in [0.05, 0.1) is 5.69 Å². The van der Waals surface area contributed by atoms with E-state index >= 15 is 0 Å². The third kappa shape index (κ3) is 2.48. The van der Waals surface area contributed by atoms with Gasteiger partial charge in [-0.2, -0.15) is 0 Å². The summed E-state index contributed by atoms with van der Waals surface area (Å²) in [5.41, 5.74) is 5.92. The summed E-state index contributed by atoms with van der Waals surface area (Å²) >= 11 is 0. The van der Waals surface area contributed by atoms with Crippen molar-refractivity contribution in [2.24, 2.45) is 0 Å². The zero-order valence-corrected chi connectivity index (χ0v) is 13.1. The van der Waals surface area contributed by atoms with Crippen LogP contribution in [0.3, 0.4) is 0 Å². The molecule has 114 valence electrons. The first kappa shape index (κ1) is 13.9. The molecule has 2 heterocycles. The van der Waals surface area contributed by atoms with Crippen molar-refractivity contribution in [1.29, 1.82) is 0 Å². The SMILES string of the molecule is Cc1ccc2nc3c(c(=O)n2c1)CCC/C3=C/c1ccccc1. The Balaban J connectivity index is 1.95. The highest BCUT2D eigenvalue weighted by Gasteiger charge is 2.20. The molecule has 2 aromatic heterocycles. The van der Waals surface area contributed by atoms with E-state index in [2.05, 4.69) is 18.2 Å². The van der Waals surface area contributed by atoms with Gasteiger partial charge in [-0.3, -0.25) is 9.20 Å². The van der Waals surface area contributed by atoms with Crippen LogP contribution in [-0.2, 0) is 6.42 Å². The van der Waals surface area contributed by atoms with Crippen LogP contribution >= 0.6 is 0 Å². The molecule has 1 aromatic carbocycles. The fourth-order valence-electron chi connectivity index (χ4n) is 3.24. The Kier molecular flexibility index (Phi) is 3.34. The molecule has 3 aromatic rings. The molecule has 0 aliphatic heterocycles. The zero-order chi connectivity index (χ0) is 15.8. The molecule has 3 heteroatoms. The van der Waals surface area contributed by atoms with Gasteiger partial charge in [0.2, 0.25) is 0 Å². The van der Waals surface area contributed by atoms with Crippen molar-refractivity contribution in [2.75, 3.05) is 0 Å². The number of fused-ring (bicyclic) bond motifs is 2. The fraction of sp³-hybridized carbons (Fsp3) is 0.200. The molecular weight excluding hydrogens is 284 g/mol. The molecule has 0 saturated carbocycles. The Morgan fingerprint density at radius 2 is 1.91 bits per heavy atom. The minimum Gasteiger partial charge on any atom is -0.269 e. The molecule has 0 atom stereocenters. The maximum atomic E-state index is 12.8. The van der Waals surface area contributed by atoms with Crippen LogP contribution in [0.15, 0.2) is 53.5 Å². The Labute approximate surface area is 134 Å². The summed E-state index contributed by atoms with van der Waals surface area (Å²) in [4.78, 5) is 17.6. The number of nitrogens with zero attached hydrogens (tertiary/aromatic N) is 2. The highest BCUT2D eigenvalue weighted by Crippen LogP contribution is 2.29. The first-order valence-corrected chi connectivity index (χ1v) is 8.00. The minimum atomic E-state index is 0.0763. The van der Waals surface area contributed by atoms with E-state index in [1.54, 1.807) is 4.40 Å². The number of allylic oxidation sites excluding steroid dienone is 1. The van der Waals surface area contributed by atoms with E-state index in [4.69, 9.17) is 4.98 Å². The second-order valence-electron chi connectivity index (χ2n) is 6.11. The summed E-state index contributed by atoms with van der Waals surface area (Å²) in [7, 11) is 0. The van der Waals surface area contributed by atoms with E-state index in [0.29, 0.717) is 0 Å². The number of hydrogen-bond donors (Lipinski definition) is 0. The van der Waals surface area contributed by atoms with Crippen molar-refractivity contribution in [3.8, 4) is 0 Å². The van der Waals surface area contributed by atoms with E-state index in [-0.39, 0.29) is 5.56 Å². The Morgan fingerprint density at radius 1 is 1.09 bits per heavy atom. The molecule has 23 heavy (non-hydrogen) atoms. The topological polar surface area (TPSA) is 34.4 Å². The van der Waals surface area contributed by atoms with E-state index in [1.807, 2.05) is 43.5 Å². The molecule has 4 rings (SSSR count). The molecule has 0 radical (unpaired) electrons. The van der Waals surface area contributed by atoms with Gasteiger partial charge in [-0.15, -0.1) is 0 Å². The van der Waals surface area contributed by atoms with Crippen molar-refractivity contribution >= 4 is 17.3 Å². The van der Waals surface area contributed by atoms with Gasteiger partial charge in [0.1, 0.15) is 5.65 Å². The molecule has 1 aliphatic rings. The summed E-state index contributed by atoms with van der Waals surface area (Å²) in [6, 6.07) is 14.2. The molecule has 1 aliphatic carbocycles. The first-order chi connectivity index (χ1) is 11.2. The summed E-state index contributed by atoms with van der Waals surface area (Å²) in [6.45, 7) is 1.99. The van der Waals surface area contributed by atoms with Crippen LogP contribution in [0.2, 0.25) is 0 Å². The quantitative estimate of drug-likeness (QED) is 0.683. The lowest BCUT2D eigenvalue weighted by Gasteiger charge is -2.18. The smallest absolute Gasteiger partial charge is 0.261 e. The highest BCUT2D eigenvalue weighted by atomic mass is 16.1. The van der Waals surface area contributed by atoms with Crippen molar-refractivity contribution in [1.82, 2.24) is 9.38 Å². The van der Waals surface area contributed by atoms with Gasteiger partial charge in [0, 0.05) is 11.8 Å². The van der Waals surface area contributed by atoms with Crippen molar-refractivity contribution in [2.45, 2.75) is 26.2 Å². The Morgan fingerprint density at radius 3 is 2.74 bits per heavy atom. The monoisotopic (exact) mass is 302 g/mol. The Bertz CT molecular complexity index is 968. The number of pyridine rings is 1. The Hall–Kier alpha value is -2.68. The van der Waals surface area contributed by atoms with Crippen molar-refractivity contribution < 1.29 is 0 Å². The lowest BCUT2D eigenvalue weighted by atomic mass is 9.91. The minimum absolute atomic E-state index is 0.0763. The van der Waals surface area contributed by atoms with Gasteiger partial charge in [-0.1, -0.05) is 36.4 Å². The second kappa shape index (κ2) is 5.51. The number of rotatable bonds is 1. The van der Waals surface area contributed by atoms with E-state index in [9.17, 15) is 4.79 Å². The van der Waals surface area contributed by atoms with Crippen LogP contribution in [0, 0.1) is 6.92 Å². The van der Waals surface area contributed by atoms with Gasteiger partial charge in [0.15, 0.2) is 0 Å². The van der Waals surface area contributed by atoms with Crippen LogP contribution in [0.1, 0.15) is 35.2 Å². The van der Waals surface area contributed by atoms with Gasteiger partial charge in [-0.05, 0) is 55.0 Å². The molecule has 0 amide bonds. The molecule has 0 saturated heterocycles. The van der Waals surface area contributed by atoms with Crippen LogP contribution < -0.4 is 5.56 Å². The zero-order valence-electron chi connectivity index (χ0n) is 13.1. The summed E-state index contributed by atoms with van der Waals surface area (Å²) in [5.74, 6) is 0. The summed E-state index contributed by atoms with van der Waals surface area (Å²) < 4.78 is 1.68. The molecule has 0 fully saturated rings. The lowest BCUT2D eigenvalue weighted by Crippen LogP contribution is -2.24. The third-order valence-corrected chi connectivity index (χ3v) is 4.38. The maximum absolute atomic E-state index is 12.8. The van der Waals surface area contributed by atoms with E-state index in [1.165, 1.54) is 0 Å². The number of benzene rings is 1. The fourth-order valence-corrected chi connectivity index (χ4v) is 3.24. The predicted molar refractivity (Wildman–Crippen MR) is 93.5 cm³/mol. The average Bonchev–Trinajstić information content (AvgIpc) is 2.57. The average molecular weight is 302 g/mol. The molecule has 0 bridgehead atoms. The molecule has 0 N–H and O–H groups in total. The van der Waals surface area contributed by atoms with Crippen LogP contribution in [0.5, 0.6) is 0 Å². The van der Waals surface area contributed by atoms with Gasteiger partial charge in [0.25, 0.3) is 5.56 Å². The van der Waals surface area contributed by atoms with Gasteiger partial charge < -0.3 is 0 Å². The van der Waals surface area contributed by atoms with Crippen LogP contribution in [0.25, 0.3) is 17.3 Å². The third-order valence-electron chi connectivity index (χ3n) is 4.38. The lowest BCUT2D eigenvalue weighted by molar-refractivity contribution is 0.786. The highest BCUT2D eigenvalue weighted by molar-refractivity contribution is 5.82. The molecular formula is C20H18N2O. The number of aromatic nitrogens is 2. The number of aryl methyl sites for hydroxylation is 1. The van der Waals surface area contributed by atoms with Crippen molar-refractivity contribution in [3.05, 3.63) is 81.4 Å². The normalized spacial score (nSPS) is 15.8. The largest absolute Gasteiger partial charge is 0.269 e. The van der Waals surface area contributed by atoms with Gasteiger partial charge in [-0.25, -0.2) is 4.98 Å². The maximum Gasteiger partial charge on any atom is 0.261 e. The van der Waals surface area contributed by atoms with Crippen LogP contribution in [0.4, 0.5) is 0 Å². The molecule has 0 unspecified atom stereocenters. The predicted octanol–water partition coefficient (Wildman–Crippen LogP) is 3.88. The summed E-state index contributed by atoms with van der Waals surface area (Å²) in [6.07, 6.45) is 6.82. The molecule has 3 nitrogen and oxygen atoms in total. The van der Waals surface area contributed by atoms with E-state index in [0.717, 1.165) is 52.9 Å².